The number of rotatable bonds is 16. The summed E-state index contributed by atoms with van der Waals surface area (Å²) < 4.78 is 5.80. The van der Waals surface area contributed by atoms with Gasteiger partial charge in [-0.05, 0) is 68.5 Å². The van der Waals surface area contributed by atoms with Gasteiger partial charge in [0.05, 0.1) is 11.5 Å². The van der Waals surface area contributed by atoms with Crippen molar-refractivity contribution in [2.45, 2.75) is 59.0 Å². The van der Waals surface area contributed by atoms with Gasteiger partial charge in [-0.15, -0.1) is 0 Å². The first-order valence-electron chi connectivity index (χ1n) is 13.3. The Morgan fingerprint density at radius 1 is 0.811 bits per heavy atom. The lowest BCUT2D eigenvalue weighted by Crippen LogP contribution is -2.24. The molecule has 5 heteroatoms. The Labute approximate surface area is 221 Å². The predicted octanol–water partition coefficient (Wildman–Crippen LogP) is 7.89. The van der Waals surface area contributed by atoms with Crippen LogP contribution in [-0.2, 0) is 17.8 Å². The maximum atomic E-state index is 11.1. The molecule has 0 saturated heterocycles. The van der Waals surface area contributed by atoms with E-state index in [1.54, 1.807) is 13.8 Å². The van der Waals surface area contributed by atoms with Crippen LogP contribution in [0.1, 0.15) is 59.9 Å². The second kappa shape index (κ2) is 15.7. The first-order valence-corrected chi connectivity index (χ1v) is 13.3. The Morgan fingerprint density at radius 2 is 1.38 bits per heavy atom. The van der Waals surface area contributed by atoms with E-state index in [2.05, 4.69) is 71.6 Å². The molecular formula is C32H40N2O3. The van der Waals surface area contributed by atoms with Crippen molar-refractivity contribution in [1.82, 2.24) is 4.90 Å². The molecule has 0 atom stereocenters. The molecular weight excluding hydrogens is 460 g/mol. The maximum absolute atomic E-state index is 11.1. The van der Waals surface area contributed by atoms with Gasteiger partial charge in [0, 0.05) is 30.8 Å². The van der Waals surface area contributed by atoms with E-state index in [9.17, 15) is 10.1 Å². The SMILES string of the molecule is Cc1cc(C=CCCOCCCCCCN(Cc2ccccc2)Cc2ccccc2)cc(C)c1[N+](=O)[O-]. The molecule has 3 aromatic carbocycles. The van der Waals surface area contributed by atoms with Crippen molar-refractivity contribution >= 4 is 11.8 Å². The summed E-state index contributed by atoms with van der Waals surface area (Å²) in [4.78, 5) is 13.4. The van der Waals surface area contributed by atoms with Crippen LogP contribution in [0.25, 0.3) is 6.08 Å². The maximum Gasteiger partial charge on any atom is 0.275 e. The van der Waals surface area contributed by atoms with E-state index in [0.29, 0.717) is 17.7 Å². The third kappa shape index (κ3) is 10.3. The van der Waals surface area contributed by atoms with Crippen LogP contribution in [0.3, 0.4) is 0 Å². The Morgan fingerprint density at radius 3 is 1.95 bits per heavy atom. The standard InChI is InChI=1S/C32H40N2O3/c1-27-23-31(24-28(2)32(27)34(35)36)19-11-14-22-37-21-13-4-3-12-20-33(25-29-15-7-5-8-16-29)26-30-17-9-6-10-18-30/h5-11,15-19,23-24H,3-4,12-14,20-22,25-26H2,1-2H3. The van der Waals surface area contributed by atoms with Gasteiger partial charge in [0.1, 0.15) is 0 Å². The average Bonchev–Trinajstić information content (AvgIpc) is 2.88. The highest BCUT2D eigenvalue weighted by molar-refractivity contribution is 5.58. The smallest absolute Gasteiger partial charge is 0.275 e. The Bertz CT molecular complexity index is 1050. The van der Waals surface area contributed by atoms with Gasteiger partial charge in [0.15, 0.2) is 0 Å². The predicted molar refractivity (Wildman–Crippen MR) is 153 cm³/mol. The van der Waals surface area contributed by atoms with Crippen LogP contribution >= 0.6 is 0 Å². The minimum absolute atomic E-state index is 0.209. The number of nitro groups is 1. The van der Waals surface area contributed by atoms with E-state index in [1.807, 2.05) is 18.2 Å². The highest BCUT2D eigenvalue weighted by Crippen LogP contribution is 2.25. The van der Waals surface area contributed by atoms with Crippen LogP contribution in [0.2, 0.25) is 0 Å². The van der Waals surface area contributed by atoms with E-state index >= 15 is 0 Å². The molecule has 0 aliphatic heterocycles. The van der Waals surface area contributed by atoms with E-state index in [-0.39, 0.29) is 10.6 Å². The van der Waals surface area contributed by atoms with Crippen molar-refractivity contribution in [1.29, 1.82) is 0 Å². The van der Waals surface area contributed by atoms with Crippen molar-refractivity contribution in [3.8, 4) is 0 Å². The van der Waals surface area contributed by atoms with Crippen LogP contribution < -0.4 is 0 Å². The topological polar surface area (TPSA) is 55.6 Å². The number of nitrogens with zero attached hydrogens (tertiary/aromatic N) is 2. The van der Waals surface area contributed by atoms with Crippen LogP contribution in [-0.4, -0.2) is 29.6 Å². The highest BCUT2D eigenvalue weighted by Gasteiger charge is 2.14. The van der Waals surface area contributed by atoms with Gasteiger partial charge in [-0.25, -0.2) is 0 Å². The van der Waals surface area contributed by atoms with Gasteiger partial charge < -0.3 is 4.74 Å². The van der Waals surface area contributed by atoms with E-state index < -0.39 is 0 Å². The third-order valence-electron chi connectivity index (χ3n) is 6.45. The van der Waals surface area contributed by atoms with E-state index in [1.165, 1.54) is 30.4 Å². The normalized spacial score (nSPS) is 11.4. The zero-order valence-electron chi connectivity index (χ0n) is 22.3. The molecule has 0 spiro atoms. The summed E-state index contributed by atoms with van der Waals surface area (Å²) in [6.45, 7) is 8.11. The zero-order chi connectivity index (χ0) is 26.3. The Kier molecular flexibility index (Phi) is 12.0. The van der Waals surface area contributed by atoms with Crippen molar-refractivity contribution in [2.24, 2.45) is 0 Å². The molecule has 0 N–H and O–H groups in total. The van der Waals surface area contributed by atoms with E-state index in [4.69, 9.17) is 4.74 Å². The Hall–Kier alpha value is -3.28. The summed E-state index contributed by atoms with van der Waals surface area (Å²) in [7, 11) is 0. The molecule has 5 nitrogen and oxygen atoms in total. The van der Waals surface area contributed by atoms with Gasteiger partial charge in [-0.2, -0.15) is 0 Å². The third-order valence-corrected chi connectivity index (χ3v) is 6.45. The lowest BCUT2D eigenvalue weighted by Gasteiger charge is -2.22. The van der Waals surface area contributed by atoms with Gasteiger partial charge >= 0.3 is 0 Å². The fourth-order valence-electron chi connectivity index (χ4n) is 4.64. The molecule has 0 heterocycles. The molecule has 0 radical (unpaired) electrons. The van der Waals surface area contributed by atoms with Crippen LogP contribution in [0.5, 0.6) is 0 Å². The van der Waals surface area contributed by atoms with Crippen LogP contribution in [0.15, 0.2) is 78.9 Å². The molecule has 0 aliphatic rings. The van der Waals surface area contributed by atoms with Crippen LogP contribution in [0, 0.1) is 24.0 Å². The number of hydrogen-bond acceptors (Lipinski definition) is 4. The lowest BCUT2D eigenvalue weighted by molar-refractivity contribution is -0.386. The Balaban J connectivity index is 1.29. The minimum atomic E-state index is -0.308. The van der Waals surface area contributed by atoms with Crippen LogP contribution in [0.4, 0.5) is 5.69 Å². The summed E-state index contributed by atoms with van der Waals surface area (Å²) in [5.74, 6) is 0. The number of aryl methyl sites for hydroxylation is 2. The highest BCUT2D eigenvalue weighted by atomic mass is 16.6. The fourth-order valence-corrected chi connectivity index (χ4v) is 4.64. The van der Waals surface area contributed by atoms with Gasteiger partial charge in [0.2, 0.25) is 0 Å². The van der Waals surface area contributed by atoms with Gasteiger partial charge in [-0.1, -0.05) is 85.7 Å². The molecule has 3 rings (SSSR count). The molecule has 37 heavy (non-hydrogen) atoms. The number of ether oxygens (including phenoxy) is 1. The summed E-state index contributed by atoms with van der Waals surface area (Å²) in [6, 6.07) is 25.2. The molecule has 0 saturated carbocycles. The largest absolute Gasteiger partial charge is 0.381 e. The first-order chi connectivity index (χ1) is 18.0. The summed E-state index contributed by atoms with van der Waals surface area (Å²) in [5, 5.41) is 11.1. The number of hydrogen-bond donors (Lipinski definition) is 0. The lowest BCUT2D eigenvalue weighted by atomic mass is 10.0. The molecule has 196 valence electrons. The zero-order valence-corrected chi connectivity index (χ0v) is 22.3. The van der Waals surface area contributed by atoms with E-state index in [0.717, 1.165) is 44.6 Å². The van der Waals surface area contributed by atoms with Crippen molar-refractivity contribution < 1.29 is 9.66 Å². The fraction of sp³-hybridized carbons (Fsp3) is 0.375. The molecule has 0 unspecified atom stereocenters. The second-order valence-electron chi connectivity index (χ2n) is 9.66. The van der Waals surface area contributed by atoms with Crippen molar-refractivity contribution in [3.05, 3.63) is 117 Å². The summed E-state index contributed by atoms with van der Waals surface area (Å²) in [6.07, 6.45) is 9.60. The quantitative estimate of drug-likeness (QED) is 0.114. The summed E-state index contributed by atoms with van der Waals surface area (Å²) in [5.41, 5.74) is 5.32. The molecule has 0 amide bonds. The second-order valence-corrected chi connectivity index (χ2v) is 9.66. The summed E-state index contributed by atoms with van der Waals surface area (Å²) >= 11 is 0. The minimum Gasteiger partial charge on any atom is -0.381 e. The molecule has 0 bridgehead atoms. The number of nitro benzene ring substituents is 1. The first kappa shape index (κ1) is 28.3. The van der Waals surface area contributed by atoms with Crippen molar-refractivity contribution in [2.75, 3.05) is 19.8 Å². The molecule has 0 fully saturated rings. The van der Waals surface area contributed by atoms with Gasteiger partial charge in [0.25, 0.3) is 5.69 Å². The molecule has 0 aliphatic carbocycles. The van der Waals surface area contributed by atoms with Gasteiger partial charge in [-0.3, -0.25) is 15.0 Å². The number of benzene rings is 3. The monoisotopic (exact) mass is 500 g/mol. The average molecular weight is 501 g/mol. The molecule has 3 aromatic rings. The van der Waals surface area contributed by atoms with Crippen molar-refractivity contribution in [3.63, 3.8) is 0 Å². The number of unbranched alkanes of at least 4 members (excludes halogenated alkanes) is 3. The molecule has 0 aromatic heterocycles.